The van der Waals surface area contributed by atoms with Crippen LogP contribution in [0.25, 0.3) is 0 Å². The first-order chi connectivity index (χ1) is 8.94. The van der Waals surface area contributed by atoms with E-state index in [2.05, 4.69) is 5.32 Å². The molecule has 19 heavy (non-hydrogen) atoms. The molecule has 5 nitrogen and oxygen atoms in total. The number of aliphatic carboxylic acids is 1. The van der Waals surface area contributed by atoms with E-state index in [0.29, 0.717) is 5.56 Å². The van der Waals surface area contributed by atoms with Crippen molar-refractivity contribution in [1.82, 2.24) is 5.32 Å². The summed E-state index contributed by atoms with van der Waals surface area (Å²) in [6.45, 7) is 1.78. The van der Waals surface area contributed by atoms with Crippen LogP contribution in [0.3, 0.4) is 0 Å². The second kappa shape index (κ2) is 4.97. The lowest BCUT2D eigenvalue weighted by Gasteiger charge is -2.23. The Kier molecular flexibility index (Phi) is 3.53. The van der Waals surface area contributed by atoms with Gasteiger partial charge >= 0.3 is 5.97 Å². The van der Waals surface area contributed by atoms with Crippen LogP contribution in [0.5, 0.6) is 0 Å². The second-order valence-corrected chi connectivity index (χ2v) is 4.61. The molecular weight excluding hydrogens is 253 g/mol. The number of ether oxygens (including phenoxy) is 1. The summed E-state index contributed by atoms with van der Waals surface area (Å²) in [7, 11) is 0. The molecule has 1 saturated heterocycles. The molecular formula is C13H14FNO4. The number of carboxylic acid groups (broad SMARTS) is 1. The van der Waals surface area contributed by atoms with Crippen molar-refractivity contribution in [2.45, 2.75) is 18.9 Å². The van der Waals surface area contributed by atoms with Gasteiger partial charge < -0.3 is 15.2 Å². The second-order valence-electron chi connectivity index (χ2n) is 4.61. The number of carbonyl (C=O) groups is 2. The fraction of sp³-hybridized carbons (Fsp3) is 0.385. The first-order valence-electron chi connectivity index (χ1n) is 5.84. The highest BCUT2D eigenvalue weighted by molar-refractivity contribution is 5.98. The van der Waals surface area contributed by atoms with E-state index in [1.54, 1.807) is 6.92 Å². The Labute approximate surface area is 109 Å². The minimum atomic E-state index is -1.42. The molecule has 1 aromatic rings. The van der Waals surface area contributed by atoms with Crippen molar-refractivity contribution in [3.8, 4) is 0 Å². The number of rotatable bonds is 3. The topological polar surface area (TPSA) is 75.6 Å². The number of hydrogen-bond donors (Lipinski definition) is 2. The molecule has 1 aliphatic heterocycles. The van der Waals surface area contributed by atoms with Gasteiger partial charge in [0.25, 0.3) is 5.91 Å². The van der Waals surface area contributed by atoms with Gasteiger partial charge in [-0.15, -0.1) is 0 Å². The van der Waals surface area contributed by atoms with Gasteiger partial charge in [0.15, 0.2) is 5.54 Å². The van der Waals surface area contributed by atoms with Gasteiger partial charge in [-0.2, -0.15) is 0 Å². The molecule has 1 aromatic carbocycles. The molecule has 2 rings (SSSR count). The minimum absolute atomic E-state index is 0.0809. The molecule has 0 radical (unpaired) electrons. The maximum Gasteiger partial charge on any atom is 0.331 e. The highest BCUT2D eigenvalue weighted by atomic mass is 19.1. The van der Waals surface area contributed by atoms with Gasteiger partial charge in [-0.25, -0.2) is 9.18 Å². The van der Waals surface area contributed by atoms with E-state index < -0.39 is 23.2 Å². The highest BCUT2D eigenvalue weighted by Crippen LogP contribution is 2.20. The van der Waals surface area contributed by atoms with Crippen LogP contribution >= 0.6 is 0 Å². The highest BCUT2D eigenvalue weighted by Gasteiger charge is 2.44. The molecule has 1 heterocycles. The van der Waals surface area contributed by atoms with E-state index >= 15 is 0 Å². The number of hydrogen-bond acceptors (Lipinski definition) is 3. The van der Waals surface area contributed by atoms with E-state index in [1.807, 2.05) is 0 Å². The lowest BCUT2D eigenvalue weighted by molar-refractivity contribution is -0.144. The lowest BCUT2D eigenvalue weighted by Crippen LogP contribution is -2.55. The Bertz CT molecular complexity index is 523. The van der Waals surface area contributed by atoms with Gasteiger partial charge in [-0.05, 0) is 24.6 Å². The van der Waals surface area contributed by atoms with Crippen LogP contribution in [-0.4, -0.2) is 35.7 Å². The van der Waals surface area contributed by atoms with E-state index in [0.717, 1.165) is 6.07 Å². The van der Waals surface area contributed by atoms with E-state index in [1.165, 1.54) is 12.1 Å². The summed E-state index contributed by atoms with van der Waals surface area (Å²) in [5.74, 6) is -2.27. The van der Waals surface area contributed by atoms with Gasteiger partial charge in [0, 0.05) is 18.6 Å². The van der Waals surface area contributed by atoms with Crippen LogP contribution < -0.4 is 5.32 Å². The number of nitrogens with one attached hydrogen (secondary N) is 1. The van der Waals surface area contributed by atoms with Crippen molar-refractivity contribution >= 4 is 11.9 Å². The van der Waals surface area contributed by atoms with E-state index in [4.69, 9.17) is 4.74 Å². The summed E-state index contributed by atoms with van der Waals surface area (Å²) in [5.41, 5.74) is -0.900. The van der Waals surface area contributed by atoms with E-state index in [9.17, 15) is 19.1 Å². The Morgan fingerprint density at radius 1 is 1.47 bits per heavy atom. The van der Waals surface area contributed by atoms with Gasteiger partial charge in [-0.3, -0.25) is 4.79 Å². The molecule has 102 valence electrons. The number of benzene rings is 1. The molecule has 1 aliphatic rings. The van der Waals surface area contributed by atoms with Gasteiger partial charge in [-0.1, -0.05) is 6.07 Å². The van der Waals surface area contributed by atoms with Crippen LogP contribution in [0.4, 0.5) is 4.39 Å². The number of aryl methyl sites for hydroxylation is 1. The molecule has 0 spiro atoms. The van der Waals surface area contributed by atoms with Crippen LogP contribution in [0.2, 0.25) is 0 Å². The first kappa shape index (κ1) is 13.5. The zero-order chi connectivity index (χ0) is 14.0. The van der Waals surface area contributed by atoms with Crippen molar-refractivity contribution in [1.29, 1.82) is 0 Å². The third-order valence-corrected chi connectivity index (χ3v) is 3.22. The average Bonchev–Trinajstić information content (AvgIpc) is 2.82. The van der Waals surface area contributed by atoms with E-state index in [-0.39, 0.29) is 25.2 Å². The Morgan fingerprint density at radius 2 is 2.21 bits per heavy atom. The van der Waals surface area contributed by atoms with Crippen LogP contribution in [0, 0.1) is 12.7 Å². The normalized spacial score (nSPS) is 22.2. The largest absolute Gasteiger partial charge is 0.479 e. The molecule has 6 heteroatoms. The average molecular weight is 267 g/mol. The minimum Gasteiger partial charge on any atom is -0.479 e. The van der Waals surface area contributed by atoms with Gasteiger partial charge in [0.05, 0.1) is 6.61 Å². The number of amides is 1. The van der Waals surface area contributed by atoms with Crippen molar-refractivity contribution < 1.29 is 23.8 Å². The summed E-state index contributed by atoms with van der Waals surface area (Å²) in [6, 6.07) is 4.03. The summed E-state index contributed by atoms with van der Waals surface area (Å²) < 4.78 is 18.4. The lowest BCUT2D eigenvalue weighted by atomic mass is 9.98. The van der Waals surface area contributed by atoms with Crippen molar-refractivity contribution in [2.75, 3.05) is 13.2 Å². The predicted octanol–water partition coefficient (Wildman–Crippen LogP) is 1.11. The van der Waals surface area contributed by atoms with Crippen LogP contribution in [-0.2, 0) is 9.53 Å². The first-order valence-corrected chi connectivity index (χ1v) is 5.84. The van der Waals surface area contributed by atoms with Gasteiger partial charge in [0.2, 0.25) is 0 Å². The van der Waals surface area contributed by atoms with Crippen molar-refractivity contribution in [3.63, 3.8) is 0 Å². The fourth-order valence-electron chi connectivity index (χ4n) is 1.91. The fourth-order valence-corrected chi connectivity index (χ4v) is 1.91. The molecule has 0 aliphatic carbocycles. The molecule has 1 fully saturated rings. The summed E-state index contributed by atoms with van der Waals surface area (Å²) in [6.07, 6.45) is 0.197. The molecule has 0 aromatic heterocycles. The third-order valence-electron chi connectivity index (χ3n) is 3.22. The quantitative estimate of drug-likeness (QED) is 0.860. The number of halogens is 1. The molecule has 1 atom stereocenters. The van der Waals surface area contributed by atoms with Crippen molar-refractivity contribution in [3.05, 3.63) is 35.1 Å². The number of carbonyl (C=O) groups excluding carboxylic acids is 1. The number of carboxylic acids is 1. The summed E-state index contributed by atoms with van der Waals surface area (Å²) in [4.78, 5) is 23.2. The van der Waals surface area contributed by atoms with Gasteiger partial charge in [0.1, 0.15) is 5.82 Å². The Hall–Kier alpha value is -1.95. The summed E-state index contributed by atoms with van der Waals surface area (Å²) >= 11 is 0. The maximum atomic E-state index is 13.4. The molecule has 1 amide bonds. The molecule has 1 unspecified atom stereocenters. The Morgan fingerprint density at radius 3 is 2.74 bits per heavy atom. The van der Waals surface area contributed by atoms with Crippen LogP contribution in [0.1, 0.15) is 22.3 Å². The van der Waals surface area contributed by atoms with Crippen molar-refractivity contribution in [2.24, 2.45) is 0 Å². The molecule has 0 bridgehead atoms. The third kappa shape index (κ3) is 2.58. The smallest absolute Gasteiger partial charge is 0.331 e. The monoisotopic (exact) mass is 267 g/mol. The predicted molar refractivity (Wildman–Crippen MR) is 64.4 cm³/mol. The Balaban J connectivity index is 2.20. The van der Waals surface area contributed by atoms with Crippen LogP contribution in [0.15, 0.2) is 18.2 Å². The maximum absolute atomic E-state index is 13.4. The SMILES string of the molecule is Cc1ccc(C(=O)NC2(C(=O)O)CCOC2)cc1F. The molecule has 2 N–H and O–H groups in total. The zero-order valence-electron chi connectivity index (χ0n) is 10.4. The zero-order valence-corrected chi connectivity index (χ0v) is 10.4. The standard InChI is InChI=1S/C13H14FNO4/c1-8-2-3-9(6-10(8)14)11(16)15-13(12(17)18)4-5-19-7-13/h2-3,6H,4-5,7H2,1H3,(H,15,16)(H,17,18). The molecule has 0 saturated carbocycles. The summed E-state index contributed by atoms with van der Waals surface area (Å²) in [5, 5.41) is 11.6.